The summed E-state index contributed by atoms with van der Waals surface area (Å²) in [5.41, 5.74) is 4.51. The summed E-state index contributed by atoms with van der Waals surface area (Å²) in [5.74, 6) is -0.900. The zero-order valence-electron chi connectivity index (χ0n) is 21.1. The van der Waals surface area contributed by atoms with Gasteiger partial charge < -0.3 is 19.7 Å². The Balaban J connectivity index is 1.69. The molecule has 1 aromatic heterocycles. The Morgan fingerprint density at radius 2 is 1.76 bits per heavy atom. The van der Waals surface area contributed by atoms with Gasteiger partial charge in [0.25, 0.3) is 5.78 Å². The van der Waals surface area contributed by atoms with Crippen LogP contribution in [0.2, 0.25) is 0 Å². The van der Waals surface area contributed by atoms with Crippen molar-refractivity contribution in [3.63, 3.8) is 0 Å². The van der Waals surface area contributed by atoms with E-state index in [9.17, 15) is 14.7 Å². The molecule has 5 rings (SSSR count). The summed E-state index contributed by atoms with van der Waals surface area (Å²) < 4.78 is 5.30. The smallest absolute Gasteiger partial charge is 0.302 e. The van der Waals surface area contributed by atoms with Gasteiger partial charge in [-0.05, 0) is 41.8 Å². The molecule has 8 heteroatoms. The second-order valence-electron chi connectivity index (χ2n) is 9.15. The number of nitrogens with one attached hydrogen (secondary N) is 1. The molecule has 3 aromatic carbocycles. The van der Waals surface area contributed by atoms with Crippen LogP contribution in [0.15, 0.2) is 72.3 Å². The Kier molecular flexibility index (Phi) is 6.17. The number of anilines is 2. The maximum Gasteiger partial charge on any atom is 0.302 e. The van der Waals surface area contributed by atoms with Gasteiger partial charge in [-0.2, -0.15) is 0 Å². The zero-order chi connectivity index (χ0) is 26.3. The summed E-state index contributed by atoms with van der Waals surface area (Å²) in [4.78, 5) is 37.9. The van der Waals surface area contributed by atoms with Gasteiger partial charge in [0.1, 0.15) is 11.5 Å². The predicted octanol–water partition coefficient (Wildman–Crippen LogP) is 4.83. The van der Waals surface area contributed by atoms with Crippen molar-refractivity contribution in [3.05, 3.63) is 89.0 Å². The fourth-order valence-corrected chi connectivity index (χ4v) is 4.59. The summed E-state index contributed by atoms with van der Waals surface area (Å²) in [5, 5.41) is 11.3. The molecule has 0 spiro atoms. The van der Waals surface area contributed by atoms with E-state index in [1.807, 2.05) is 62.3 Å². The number of ether oxygens (including phenoxy) is 1. The summed E-state index contributed by atoms with van der Waals surface area (Å²) >= 11 is 0. The van der Waals surface area contributed by atoms with Gasteiger partial charge in [0, 0.05) is 31.4 Å². The van der Waals surface area contributed by atoms with E-state index in [1.54, 1.807) is 37.4 Å². The van der Waals surface area contributed by atoms with Gasteiger partial charge in [-0.25, -0.2) is 4.98 Å². The SMILES string of the molecule is CCc1ccc(/C(O)=C2\C(=O)C(=O)N(c3nc4ccc(OC)cc4[nH]3)C2c2ccc(N(C)C)cc2)cc1. The van der Waals surface area contributed by atoms with E-state index < -0.39 is 17.7 Å². The number of hydrogen-bond acceptors (Lipinski definition) is 6. The van der Waals surface area contributed by atoms with Crippen molar-refractivity contribution in [2.75, 3.05) is 31.0 Å². The van der Waals surface area contributed by atoms with Crippen LogP contribution in [0.1, 0.15) is 29.7 Å². The Labute approximate surface area is 214 Å². The molecule has 1 unspecified atom stereocenters. The molecule has 1 fully saturated rings. The number of amides is 1. The second kappa shape index (κ2) is 9.46. The molecule has 37 heavy (non-hydrogen) atoms. The third-order valence-electron chi connectivity index (χ3n) is 6.71. The van der Waals surface area contributed by atoms with Gasteiger partial charge in [0.05, 0.1) is 29.8 Å². The maximum absolute atomic E-state index is 13.4. The number of aliphatic hydroxyl groups is 1. The number of hydrogen-bond donors (Lipinski definition) is 2. The largest absolute Gasteiger partial charge is 0.507 e. The molecular formula is C29H28N4O4. The molecule has 4 aromatic rings. The number of aromatic nitrogens is 2. The Morgan fingerprint density at radius 3 is 2.38 bits per heavy atom. The summed E-state index contributed by atoms with van der Waals surface area (Å²) in [6, 6.07) is 19.3. The van der Waals surface area contributed by atoms with E-state index in [-0.39, 0.29) is 17.3 Å². The molecule has 1 aliphatic rings. The molecule has 0 radical (unpaired) electrons. The van der Waals surface area contributed by atoms with Crippen molar-refractivity contribution in [2.24, 2.45) is 0 Å². The molecule has 0 aliphatic carbocycles. The lowest BCUT2D eigenvalue weighted by molar-refractivity contribution is -0.132. The third kappa shape index (κ3) is 4.20. The van der Waals surface area contributed by atoms with Crippen molar-refractivity contribution in [1.29, 1.82) is 0 Å². The number of nitrogens with zero attached hydrogens (tertiary/aromatic N) is 3. The van der Waals surface area contributed by atoms with Crippen molar-refractivity contribution >= 4 is 40.1 Å². The number of carbonyl (C=O) groups excluding carboxylic acids is 2. The molecular weight excluding hydrogens is 468 g/mol. The number of Topliss-reactive ketones (excluding diaryl/α,β-unsaturated/α-hetero) is 1. The van der Waals surface area contributed by atoms with Crippen LogP contribution in [0.4, 0.5) is 11.6 Å². The molecule has 8 nitrogen and oxygen atoms in total. The van der Waals surface area contributed by atoms with Crippen LogP contribution in [0, 0.1) is 0 Å². The van der Waals surface area contributed by atoms with Gasteiger partial charge in [0.2, 0.25) is 5.95 Å². The lowest BCUT2D eigenvalue weighted by atomic mass is 9.94. The Morgan fingerprint density at radius 1 is 1.05 bits per heavy atom. The van der Waals surface area contributed by atoms with Crippen LogP contribution in [-0.2, 0) is 16.0 Å². The van der Waals surface area contributed by atoms with Crippen LogP contribution < -0.4 is 14.5 Å². The minimum atomic E-state index is -0.871. The standard InChI is InChI=1S/C29H28N4O4/c1-5-17-6-8-19(9-7-17)26(34)24-25(18-10-12-20(13-11-18)32(2)3)33(28(36)27(24)35)29-30-22-15-14-21(37-4)16-23(22)31-29/h6-16,25,34H,5H2,1-4H3,(H,30,31)/b26-24+. The number of aryl methyl sites for hydroxylation is 1. The summed E-state index contributed by atoms with van der Waals surface area (Å²) in [7, 11) is 5.44. The highest BCUT2D eigenvalue weighted by Crippen LogP contribution is 2.42. The number of benzene rings is 3. The van der Waals surface area contributed by atoms with Crippen LogP contribution in [0.3, 0.4) is 0 Å². The van der Waals surface area contributed by atoms with Gasteiger partial charge in [-0.3, -0.25) is 14.5 Å². The van der Waals surface area contributed by atoms with Crippen LogP contribution in [0.5, 0.6) is 5.75 Å². The first-order chi connectivity index (χ1) is 17.8. The normalized spacial score (nSPS) is 17.0. The van der Waals surface area contributed by atoms with Crippen LogP contribution >= 0.6 is 0 Å². The topological polar surface area (TPSA) is 98.8 Å². The summed E-state index contributed by atoms with van der Waals surface area (Å²) in [6.45, 7) is 2.04. The average molecular weight is 497 g/mol. The first-order valence-corrected chi connectivity index (χ1v) is 12.0. The van der Waals surface area contributed by atoms with Gasteiger partial charge in [-0.15, -0.1) is 0 Å². The van der Waals surface area contributed by atoms with E-state index in [2.05, 4.69) is 9.97 Å². The quantitative estimate of drug-likeness (QED) is 0.225. The van der Waals surface area contributed by atoms with Gasteiger partial charge in [-0.1, -0.05) is 43.3 Å². The third-order valence-corrected chi connectivity index (χ3v) is 6.71. The zero-order valence-corrected chi connectivity index (χ0v) is 21.1. The number of ketones is 1. The molecule has 1 amide bonds. The molecule has 1 saturated heterocycles. The molecule has 1 atom stereocenters. The second-order valence-corrected chi connectivity index (χ2v) is 9.15. The number of fused-ring (bicyclic) bond motifs is 1. The number of H-pyrrole nitrogens is 1. The molecule has 0 saturated carbocycles. The predicted molar refractivity (Wildman–Crippen MR) is 144 cm³/mol. The van der Waals surface area contributed by atoms with Crippen molar-refractivity contribution < 1.29 is 19.4 Å². The van der Waals surface area contributed by atoms with Crippen LogP contribution in [-0.4, -0.2) is 48.0 Å². The number of imidazole rings is 1. The highest BCUT2D eigenvalue weighted by molar-refractivity contribution is 6.51. The van der Waals surface area contributed by atoms with E-state index >= 15 is 0 Å². The highest BCUT2D eigenvalue weighted by Gasteiger charge is 2.48. The van der Waals surface area contributed by atoms with E-state index in [0.29, 0.717) is 27.9 Å². The van der Waals surface area contributed by atoms with Gasteiger partial charge >= 0.3 is 5.91 Å². The van der Waals surface area contributed by atoms with Gasteiger partial charge in [0.15, 0.2) is 0 Å². The van der Waals surface area contributed by atoms with E-state index in [4.69, 9.17) is 4.74 Å². The molecule has 1 aliphatic heterocycles. The average Bonchev–Trinajstić information content (AvgIpc) is 3.45. The number of aromatic amines is 1. The molecule has 188 valence electrons. The number of carbonyl (C=O) groups is 2. The lowest BCUT2D eigenvalue weighted by Crippen LogP contribution is -2.30. The van der Waals surface area contributed by atoms with Crippen molar-refractivity contribution in [1.82, 2.24) is 9.97 Å². The summed E-state index contributed by atoms with van der Waals surface area (Å²) in [6.07, 6.45) is 0.848. The van der Waals surface area contributed by atoms with Crippen molar-refractivity contribution in [3.8, 4) is 5.75 Å². The lowest BCUT2D eigenvalue weighted by Gasteiger charge is -2.23. The molecule has 0 bridgehead atoms. The minimum Gasteiger partial charge on any atom is -0.507 e. The molecule has 2 heterocycles. The Hall–Kier alpha value is -4.59. The monoisotopic (exact) mass is 496 g/mol. The van der Waals surface area contributed by atoms with E-state index in [0.717, 1.165) is 17.7 Å². The fraction of sp³-hybridized carbons (Fsp3) is 0.207. The minimum absolute atomic E-state index is 0.0184. The number of methoxy groups -OCH3 is 1. The maximum atomic E-state index is 13.4. The first kappa shape index (κ1) is 24.1. The van der Waals surface area contributed by atoms with Crippen molar-refractivity contribution in [2.45, 2.75) is 19.4 Å². The highest BCUT2D eigenvalue weighted by atomic mass is 16.5. The Bertz CT molecular complexity index is 1520. The molecule has 2 N–H and O–H groups in total. The van der Waals surface area contributed by atoms with Crippen LogP contribution in [0.25, 0.3) is 16.8 Å². The number of aliphatic hydroxyl groups excluding tert-OH is 1. The first-order valence-electron chi connectivity index (χ1n) is 12.0. The number of rotatable bonds is 6. The van der Waals surface area contributed by atoms with E-state index in [1.165, 1.54) is 4.90 Å². The fourth-order valence-electron chi connectivity index (χ4n) is 4.59.